The molecule has 1 heterocycles. The Bertz CT molecular complexity index is 908. The number of hydrogen-bond acceptors (Lipinski definition) is 3. The minimum atomic E-state index is -3.31. The summed E-state index contributed by atoms with van der Waals surface area (Å²) in [6.07, 6.45) is 1.52. The Hall–Kier alpha value is -1.82. The molecule has 1 aliphatic rings. The fourth-order valence-corrected chi connectivity index (χ4v) is 4.12. The van der Waals surface area contributed by atoms with E-state index in [1.54, 1.807) is 48.5 Å². The Morgan fingerprint density at radius 2 is 1.75 bits per heavy atom. The second-order valence-corrected chi connectivity index (χ2v) is 8.19. The molecule has 124 valence electrons. The zero-order chi connectivity index (χ0) is 17.3. The van der Waals surface area contributed by atoms with Crippen LogP contribution in [0.4, 0.5) is 5.69 Å². The van der Waals surface area contributed by atoms with Crippen molar-refractivity contribution in [3.8, 4) is 0 Å². The first-order valence-corrected chi connectivity index (χ1v) is 9.58. The summed E-state index contributed by atoms with van der Waals surface area (Å²) in [5, 5.41) is 2.13. The molecule has 1 aliphatic heterocycles. The van der Waals surface area contributed by atoms with E-state index in [0.29, 0.717) is 21.3 Å². The van der Waals surface area contributed by atoms with E-state index in [1.165, 1.54) is 11.0 Å². The summed E-state index contributed by atoms with van der Waals surface area (Å²) < 4.78 is 23.6. The Morgan fingerprint density at radius 1 is 1.04 bits per heavy atom. The standard InChI is InChI=1S/C17H13Cl2NO3S/c18-13-6-4-12(5-7-13)17(21)20(15-3-1-2-14(19)10-15)16-8-9-24(22,23)11-16/h1-10,16H,11H2. The molecule has 3 rings (SSSR count). The van der Waals surface area contributed by atoms with Gasteiger partial charge in [-0.3, -0.25) is 4.79 Å². The highest BCUT2D eigenvalue weighted by Gasteiger charge is 2.32. The number of hydrogen-bond donors (Lipinski definition) is 0. The van der Waals surface area contributed by atoms with Crippen molar-refractivity contribution in [2.24, 2.45) is 0 Å². The highest BCUT2D eigenvalue weighted by Crippen LogP contribution is 2.27. The largest absolute Gasteiger partial charge is 0.300 e. The molecule has 1 amide bonds. The number of carbonyl (C=O) groups excluding carboxylic acids is 1. The van der Waals surface area contributed by atoms with Gasteiger partial charge >= 0.3 is 0 Å². The lowest BCUT2D eigenvalue weighted by molar-refractivity contribution is 0.0983. The lowest BCUT2D eigenvalue weighted by atomic mass is 10.1. The van der Waals surface area contributed by atoms with Gasteiger partial charge in [-0.05, 0) is 48.5 Å². The second-order valence-electron chi connectivity index (χ2n) is 5.39. The van der Waals surface area contributed by atoms with Crippen LogP contribution in [0.2, 0.25) is 10.0 Å². The average molecular weight is 382 g/mol. The van der Waals surface area contributed by atoms with E-state index in [0.717, 1.165) is 5.41 Å². The fraction of sp³-hybridized carbons (Fsp3) is 0.118. The average Bonchev–Trinajstić information content (AvgIpc) is 2.88. The highest BCUT2D eigenvalue weighted by atomic mass is 35.5. The topological polar surface area (TPSA) is 54.5 Å². The minimum Gasteiger partial charge on any atom is -0.300 e. The predicted molar refractivity (Wildman–Crippen MR) is 96.4 cm³/mol. The molecule has 0 aromatic heterocycles. The van der Waals surface area contributed by atoms with Gasteiger partial charge in [-0.15, -0.1) is 0 Å². The molecule has 0 radical (unpaired) electrons. The van der Waals surface area contributed by atoms with Crippen LogP contribution in [-0.2, 0) is 9.84 Å². The maximum Gasteiger partial charge on any atom is 0.258 e. The first-order valence-electron chi connectivity index (χ1n) is 7.11. The number of amides is 1. The van der Waals surface area contributed by atoms with Gasteiger partial charge in [-0.25, -0.2) is 8.42 Å². The Kier molecular flexibility index (Phi) is 4.67. The van der Waals surface area contributed by atoms with Gasteiger partial charge in [0.05, 0.1) is 11.8 Å². The quantitative estimate of drug-likeness (QED) is 0.808. The van der Waals surface area contributed by atoms with Crippen LogP contribution in [0.3, 0.4) is 0 Å². The van der Waals surface area contributed by atoms with Crippen molar-refractivity contribution in [3.63, 3.8) is 0 Å². The molecular weight excluding hydrogens is 369 g/mol. The van der Waals surface area contributed by atoms with Gasteiger partial charge in [0.2, 0.25) is 0 Å². The van der Waals surface area contributed by atoms with Crippen LogP contribution < -0.4 is 4.90 Å². The number of nitrogens with zero attached hydrogens (tertiary/aromatic N) is 1. The summed E-state index contributed by atoms with van der Waals surface area (Å²) in [5.41, 5.74) is 0.950. The monoisotopic (exact) mass is 381 g/mol. The van der Waals surface area contributed by atoms with E-state index < -0.39 is 15.9 Å². The number of benzene rings is 2. The smallest absolute Gasteiger partial charge is 0.258 e. The van der Waals surface area contributed by atoms with Crippen molar-refractivity contribution in [1.82, 2.24) is 0 Å². The van der Waals surface area contributed by atoms with Crippen LogP contribution in [0.25, 0.3) is 0 Å². The molecule has 0 fully saturated rings. The van der Waals surface area contributed by atoms with Gasteiger partial charge in [-0.1, -0.05) is 29.3 Å². The second kappa shape index (κ2) is 6.59. The lowest BCUT2D eigenvalue weighted by Crippen LogP contribution is -2.41. The number of halogens is 2. The van der Waals surface area contributed by atoms with Crippen molar-refractivity contribution < 1.29 is 13.2 Å². The molecule has 24 heavy (non-hydrogen) atoms. The van der Waals surface area contributed by atoms with Gasteiger partial charge in [-0.2, -0.15) is 0 Å². The lowest BCUT2D eigenvalue weighted by Gasteiger charge is -2.28. The number of rotatable bonds is 3. The normalized spacial score (nSPS) is 18.5. The summed E-state index contributed by atoms with van der Waals surface area (Å²) in [5.74, 6) is -0.473. The van der Waals surface area contributed by atoms with Crippen LogP contribution in [-0.4, -0.2) is 26.1 Å². The van der Waals surface area contributed by atoms with Crippen LogP contribution in [0.5, 0.6) is 0 Å². The molecule has 0 bridgehead atoms. The summed E-state index contributed by atoms with van der Waals surface area (Å²) in [6.45, 7) is 0. The summed E-state index contributed by atoms with van der Waals surface area (Å²) >= 11 is 11.9. The zero-order valence-corrected chi connectivity index (χ0v) is 14.7. The molecule has 0 saturated carbocycles. The Labute approximate surface area is 150 Å². The van der Waals surface area contributed by atoms with Crippen LogP contribution in [0.1, 0.15) is 10.4 Å². The van der Waals surface area contributed by atoms with E-state index >= 15 is 0 Å². The van der Waals surface area contributed by atoms with Crippen molar-refractivity contribution in [2.75, 3.05) is 10.7 Å². The van der Waals surface area contributed by atoms with Crippen LogP contribution in [0.15, 0.2) is 60.0 Å². The van der Waals surface area contributed by atoms with Crippen molar-refractivity contribution >= 4 is 44.6 Å². The van der Waals surface area contributed by atoms with Gasteiger partial charge in [0.25, 0.3) is 5.91 Å². The zero-order valence-electron chi connectivity index (χ0n) is 12.4. The van der Waals surface area contributed by atoms with Gasteiger partial charge < -0.3 is 4.90 Å². The molecule has 1 atom stereocenters. The molecule has 7 heteroatoms. The molecule has 1 unspecified atom stereocenters. The van der Waals surface area contributed by atoms with Gasteiger partial charge in [0.15, 0.2) is 9.84 Å². The first-order chi connectivity index (χ1) is 11.4. The molecule has 0 spiro atoms. The molecule has 2 aromatic carbocycles. The Morgan fingerprint density at radius 3 is 2.33 bits per heavy atom. The van der Waals surface area contributed by atoms with Crippen molar-refractivity contribution in [1.29, 1.82) is 0 Å². The number of sulfone groups is 1. The van der Waals surface area contributed by atoms with E-state index in [2.05, 4.69) is 0 Å². The maximum atomic E-state index is 13.0. The summed E-state index contributed by atoms with van der Waals surface area (Å²) in [7, 11) is -3.31. The molecule has 2 aromatic rings. The van der Waals surface area contributed by atoms with E-state index in [-0.39, 0.29) is 11.7 Å². The Balaban J connectivity index is 2.03. The third-order valence-electron chi connectivity index (χ3n) is 3.64. The number of carbonyl (C=O) groups is 1. The fourth-order valence-electron chi connectivity index (χ4n) is 2.54. The molecule has 0 saturated heterocycles. The van der Waals surface area contributed by atoms with Crippen LogP contribution >= 0.6 is 23.2 Å². The van der Waals surface area contributed by atoms with Gasteiger partial charge in [0, 0.05) is 26.7 Å². The predicted octanol–water partition coefficient (Wildman–Crippen LogP) is 3.95. The minimum absolute atomic E-state index is 0.154. The first kappa shape index (κ1) is 17.0. The molecular formula is C17H13Cl2NO3S. The SMILES string of the molecule is O=C(c1ccc(Cl)cc1)N(c1cccc(Cl)c1)C1C=CS(=O)(=O)C1. The number of anilines is 1. The van der Waals surface area contributed by atoms with E-state index in [1.807, 2.05) is 0 Å². The highest BCUT2D eigenvalue weighted by molar-refractivity contribution is 7.94. The maximum absolute atomic E-state index is 13.0. The molecule has 0 N–H and O–H groups in total. The van der Waals surface area contributed by atoms with Gasteiger partial charge in [0.1, 0.15) is 0 Å². The molecule has 4 nitrogen and oxygen atoms in total. The summed E-state index contributed by atoms with van der Waals surface area (Å²) in [4.78, 5) is 14.4. The molecule has 0 aliphatic carbocycles. The third-order valence-corrected chi connectivity index (χ3v) is 5.50. The van der Waals surface area contributed by atoms with E-state index in [4.69, 9.17) is 23.2 Å². The third kappa shape index (κ3) is 3.64. The van der Waals surface area contributed by atoms with Crippen molar-refractivity contribution in [2.45, 2.75) is 6.04 Å². The summed E-state index contributed by atoms with van der Waals surface area (Å²) in [6, 6.07) is 12.6. The van der Waals surface area contributed by atoms with E-state index in [9.17, 15) is 13.2 Å². The van der Waals surface area contributed by atoms with Crippen LogP contribution in [0, 0.1) is 0 Å². The van der Waals surface area contributed by atoms with Crippen molar-refractivity contribution in [3.05, 3.63) is 75.6 Å².